The summed E-state index contributed by atoms with van der Waals surface area (Å²) in [5.74, 6) is -0.572. The number of rotatable bonds is 10. The van der Waals surface area contributed by atoms with Gasteiger partial charge in [-0.25, -0.2) is 12.8 Å². The van der Waals surface area contributed by atoms with Crippen LogP contribution in [0.4, 0.5) is 10.1 Å². The minimum atomic E-state index is -3.91. The molecule has 4 N–H and O–H groups in total. The average molecular weight is 587 g/mol. The highest BCUT2D eigenvalue weighted by Crippen LogP contribution is 2.45. The number of furan rings is 1. The second-order valence-corrected chi connectivity index (χ2v) is 11.6. The van der Waals surface area contributed by atoms with E-state index < -0.39 is 29.5 Å². The Morgan fingerprint density at radius 3 is 2.50 bits per heavy atom. The van der Waals surface area contributed by atoms with Crippen LogP contribution in [0.2, 0.25) is 5.02 Å². The zero-order valence-electron chi connectivity index (χ0n) is 21.3. The number of sulfonamides is 1. The van der Waals surface area contributed by atoms with E-state index in [1.165, 1.54) is 49.5 Å². The molecule has 0 aliphatic heterocycles. The van der Waals surface area contributed by atoms with E-state index in [4.69, 9.17) is 30.8 Å². The van der Waals surface area contributed by atoms with Gasteiger partial charge >= 0.3 is 7.12 Å². The zero-order chi connectivity index (χ0) is 28.6. The maximum Gasteiger partial charge on any atom is 0.491 e. The fraction of sp³-hybridized carbons (Fsp3) is 0.222. The fourth-order valence-corrected chi connectivity index (χ4v) is 5.97. The molecule has 1 aromatic heterocycles. The van der Waals surface area contributed by atoms with E-state index >= 15 is 0 Å². The molecule has 0 atom stereocenters. The summed E-state index contributed by atoms with van der Waals surface area (Å²) in [6.07, 6.45) is 1.78. The van der Waals surface area contributed by atoms with Crippen LogP contribution < -0.4 is 14.8 Å². The third-order valence-electron chi connectivity index (χ3n) is 6.47. The topological polar surface area (TPSA) is 138 Å². The summed E-state index contributed by atoms with van der Waals surface area (Å²) < 4.78 is 53.7. The summed E-state index contributed by atoms with van der Waals surface area (Å²) in [6.45, 7) is -0.394. The molecule has 1 saturated carbocycles. The van der Waals surface area contributed by atoms with Crippen molar-refractivity contribution >= 4 is 51.3 Å². The standard InChI is InChI=1S/C27H25BClFN2O7S/c1-31-27(33)25-21-12-20(15-2-3-15)17(10-24(21)39-26(25)16-4-6-18(30)7-5-16)13-40(36,37)32-19-8-9-23(22(29)11-19)38-14-28(34)35/h4-12,15,32,34-35H,2-3,13-14H2,1H3,(H,31,33). The van der Waals surface area contributed by atoms with E-state index in [2.05, 4.69) is 10.0 Å². The second kappa shape index (κ2) is 11.1. The van der Waals surface area contributed by atoms with E-state index in [-0.39, 0.29) is 39.8 Å². The third-order valence-corrected chi connectivity index (χ3v) is 8.00. The molecule has 3 aromatic carbocycles. The van der Waals surface area contributed by atoms with Crippen molar-refractivity contribution in [1.29, 1.82) is 0 Å². The van der Waals surface area contributed by atoms with Gasteiger partial charge in [0.15, 0.2) is 0 Å². The molecule has 1 aliphatic carbocycles. The maximum atomic E-state index is 13.5. The van der Waals surface area contributed by atoms with Gasteiger partial charge in [-0.1, -0.05) is 11.6 Å². The molecular formula is C27H25BClFN2O7S. The van der Waals surface area contributed by atoms with Gasteiger partial charge < -0.3 is 24.5 Å². The van der Waals surface area contributed by atoms with Crippen molar-refractivity contribution in [2.45, 2.75) is 24.5 Å². The van der Waals surface area contributed by atoms with Crippen LogP contribution in [-0.2, 0) is 15.8 Å². The number of benzene rings is 3. The molecule has 0 saturated heterocycles. The number of hydrogen-bond acceptors (Lipinski definition) is 7. The van der Waals surface area contributed by atoms with E-state index in [0.717, 1.165) is 18.4 Å². The van der Waals surface area contributed by atoms with Crippen LogP contribution in [0.3, 0.4) is 0 Å². The molecule has 1 heterocycles. The van der Waals surface area contributed by atoms with Gasteiger partial charge in [0.05, 0.1) is 22.0 Å². The molecule has 208 valence electrons. The summed E-state index contributed by atoms with van der Waals surface area (Å²) in [7, 11) is -4.09. The molecule has 0 unspecified atom stereocenters. The van der Waals surface area contributed by atoms with E-state index in [0.29, 0.717) is 27.7 Å². The molecule has 1 fully saturated rings. The lowest BCUT2D eigenvalue weighted by Gasteiger charge is -2.13. The van der Waals surface area contributed by atoms with Crippen molar-refractivity contribution in [3.63, 3.8) is 0 Å². The fourth-order valence-electron chi connectivity index (χ4n) is 4.52. The first-order chi connectivity index (χ1) is 19.0. The number of carbonyl (C=O) groups is 1. The number of hydrogen-bond donors (Lipinski definition) is 4. The Kier molecular flexibility index (Phi) is 7.78. The molecule has 40 heavy (non-hydrogen) atoms. The average Bonchev–Trinajstić information content (AvgIpc) is 3.67. The van der Waals surface area contributed by atoms with E-state index in [9.17, 15) is 17.6 Å². The Labute approximate surface area is 235 Å². The number of nitrogens with one attached hydrogen (secondary N) is 2. The quantitative estimate of drug-likeness (QED) is 0.201. The molecule has 4 aromatic rings. The lowest BCUT2D eigenvalue weighted by Crippen LogP contribution is -2.22. The van der Waals surface area contributed by atoms with Crippen LogP contribution in [0.15, 0.2) is 59.0 Å². The normalized spacial score (nSPS) is 13.3. The van der Waals surface area contributed by atoms with Crippen LogP contribution in [-0.4, -0.2) is 45.0 Å². The van der Waals surface area contributed by atoms with Crippen molar-refractivity contribution in [1.82, 2.24) is 5.32 Å². The van der Waals surface area contributed by atoms with Gasteiger partial charge in [-0.2, -0.15) is 0 Å². The lowest BCUT2D eigenvalue weighted by atomic mass is 9.95. The summed E-state index contributed by atoms with van der Waals surface area (Å²) in [4.78, 5) is 12.9. The second-order valence-electron chi connectivity index (χ2n) is 9.51. The molecule has 9 nitrogen and oxygen atoms in total. The zero-order valence-corrected chi connectivity index (χ0v) is 22.9. The maximum absolute atomic E-state index is 13.5. The number of amides is 1. The molecular weight excluding hydrogens is 562 g/mol. The Morgan fingerprint density at radius 2 is 1.88 bits per heavy atom. The molecule has 0 radical (unpaired) electrons. The Balaban J connectivity index is 1.49. The SMILES string of the molecule is CNC(=O)c1c(-c2ccc(F)cc2)oc2cc(CS(=O)(=O)Nc3ccc(OCB(O)O)c(Cl)c3)c(C3CC3)cc12. The predicted molar refractivity (Wildman–Crippen MR) is 150 cm³/mol. The highest BCUT2D eigenvalue weighted by atomic mass is 35.5. The first kappa shape index (κ1) is 28.0. The first-order valence-corrected chi connectivity index (χ1v) is 14.4. The molecule has 1 amide bonds. The Morgan fingerprint density at radius 1 is 1.15 bits per heavy atom. The number of ether oxygens (including phenoxy) is 1. The van der Waals surface area contributed by atoms with Crippen molar-refractivity contribution < 1.29 is 36.8 Å². The van der Waals surface area contributed by atoms with Crippen LogP contribution >= 0.6 is 11.6 Å². The lowest BCUT2D eigenvalue weighted by molar-refractivity contribution is 0.0964. The summed E-state index contributed by atoms with van der Waals surface area (Å²) >= 11 is 6.17. The minimum absolute atomic E-state index is 0.0894. The van der Waals surface area contributed by atoms with Crippen molar-refractivity contribution in [2.24, 2.45) is 0 Å². The summed E-state index contributed by atoms with van der Waals surface area (Å²) in [5.41, 5.74) is 2.70. The van der Waals surface area contributed by atoms with Crippen molar-refractivity contribution in [2.75, 3.05) is 18.3 Å². The first-order valence-electron chi connectivity index (χ1n) is 12.4. The minimum Gasteiger partial charge on any atom is -0.494 e. The molecule has 0 bridgehead atoms. The van der Waals surface area contributed by atoms with Gasteiger partial charge in [0.2, 0.25) is 10.0 Å². The van der Waals surface area contributed by atoms with E-state index in [1.807, 2.05) is 6.07 Å². The smallest absolute Gasteiger partial charge is 0.491 e. The van der Waals surface area contributed by atoms with Gasteiger partial charge in [0, 0.05) is 18.0 Å². The molecule has 5 rings (SSSR count). The van der Waals surface area contributed by atoms with Gasteiger partial charge in [0.1, 0.15) is 29.4 Å². The predicted octanol–water partition coefficient (Wildman–Crippen LogP) is 4.46. The summed E-state index contributed by atoms with van der Waals surface area (Å²) in [5, 5.41) is 21.2. The number of fused-ring (bicyclic) bond motifs is 1. The van der Waals surface area contributed by atoms with Crippen molar-refractivity contribution in [3.05, 3.63) is 82.1 Å². The van der Waals surface area contributed by atoms with Gasteiger partial charge in [-0.3, -0.25) is 9.52 Å². The van der Waals surface area contributed by atoms with Crippen LogP contribution in [0, 0.1) is 5.82 Å². The number of carbonyl (C=O) groups excluding carboxylic acids is 1. The third kappa shape index (κ3) is 6.10. The summed E-state index contributed by atoms with van der Waals surface area (Å²) in [6, 6.07) is 13.3. The van der Waals surface area contributed by atoms with Crippen LogP contribution in [0.1, 0.15) is 40.2 Å². The largest absolute Gasteiger partial charge is 0.494 e. The van der Waals surface area contributed by atoms with Gasteiger partial charge in [0.25, 0.3) is 5.91 Å². The highest BCUT2D eigenvalue weighted by molar-refractivity contribution is 7.91. The Hall–Kier alpha value is -3.58. The van der Waals surface area contributed by atoms with Crippen molar-refractivity contribution in [3.8, 4) is 17.1 Å². The molecule has 1 aliphatic rings. The highest BCUT2D eigenvalue weighted by Gasteiger charge is 2.31. The van der Waals surface area contributed by atoms with Crippen LogP contribution in [0.5, 0.6) is 5.75 Å². The Bertz CT molecular complexity index is 1690. The van der Waals surface area contributed by atoms with Crippen LogP contribution in [0.25, 0.3) is 22.3 Å². The number of halogens is 2. The van der Waals surface area contributed by atoms with E-state index in [1.54, 1.807) is 6.07 Å². The molecule has 0 spiro atoms. The monoisotopic (exact) mass is 586 g/mol. The van der Waals surface area contributed by atoms with Gasteiger partial charge in [-0.05, 0) is 84.5 Å². The molecule has 13 heteroatoms. The van der Waals surface area contributed by atoms with Gasteiger partial charge in [-0.15, -0.1) is 0 Å². The number of anilines is 1.